The predicted molar refractivity (Wildman–Crippen MR) is 63.1 cm³/mol. The number of benzene rings is 1. The van der Waals surface area contributed by atoms with Gasteiger partial charge in [-0.1, -0.05) is 13.8 Å². The summed E-state index contributed by atoms with van der Waals surface area (Å²) < 4.78 is 31.2. The molecular formula is C12H13F2NO4. The molecule has 1 amide bonds. The highest BCUT2D eigenvalue weighted by atomic mass is 19.1. The fourth-order valence-electron chi connectivity index (χ4n) is 1.20. The number of carbonyl (C=O) groups excluding carboxylic acids is 1. The Morgan fingerprint density at radius 1 is 1.32 bits per heavy atom. The topological polar surface area (TPSA) is 75.6 Å². The molecule has 0 aliphatic rings. The van der Waals surface area contributed by atoms with Gasteiger partial charge in [0, 0.05) is 6.07 Å². The summed E-state index contributed by atoms with van der Waals surface area (Å²) in [6.07, 6.45) is -0.935. The number of rotatable bonds is 4. The summed E-state index contributed by atoms with van der Waals surface area (Å²) in [5.74, 6) is -3.76. The largest absolute Gasteiger partial charge is 0.478 e. The van der Waals surface area contributed by atoms with Crippen molar-refractivity contribution in [2.24, 2.45) is 5.92 Å². The number of amides is 1. The van der Waals surface area contributed by atoms with E-state index >= 15 is 0 Å². The average Bonchev–Trinajstić information content (AvgIpc) is 2.29. The summed E-state index contributed by atoms with van der Waals surface area (Å²) in [5, 5.41) is 10.7. The van der Waals surface area contributed by atoms with Crippen molar-refractivity contribution in [3.8, 4) is 0 Å². The Labute approximate surface area is 108 Å². The van der Waals surface area contributed by atoms with Gasteiger partial charge >= 0.3 is 12.1 Å². The van der Waals surface area contributed by atoms with Crippen molar-refractivity contribution in [1.29, 1.82) is 0 Å². The third-order valence-corrected chi connectivity index (χ3v) is 2.07. The van der Waals surface area contributed by atoms with Gasteiger partial charge in [-0.25, -0.2) is 18.4 Å². The lowest BCUT2D eigenvalue weighted by Gasteiger charge is -2.10. The maximum absolute atomic E-state index is 13.3. The normalized spacial score (nSPS) is 10.4. The number of ether oxygens (including phenoxy) is 1. The molecule has 0 radical (unpaired) electrons. The van der Waals surface area contributed by atoms with Crippen LogP contribution in [0.4, 0.5) is 19.3 Å². The zero-order valence-corrected chi connectivity index (χ0v) is 10.4. The molecule has 0 aromatic heterocycles. The summed E-state index contributed by atoms with van der Waals surface area (Å²) in [5.41, 5.74) is -1.19. The summed E-state index contributed by atoms with van der Waals surface area (Å²) in [7, 11) is 0. The minimum absolute atomic E-state index is 0.0957. The fraction of sp³-hybridized carbons (Fsp3) is 0.333. The van der Waals surface area contributed by atoms with Gasteiger partial charge in [0.25, 0.3) is 0 Å². The van der Waals surface area contributed by atoms with Crippen LogP contribution in [0.25, 0.3) is 0 Å². The van der Waals surface area contributed by atoms with E-state index in [1.165, 1.54) is 0 Å². The molecule has 104 valence electrons. The molecule has 5 nitrogen and oxygen atoms in total. The van der Waals surface area contributed by atoms with Crippen LogP contribution < -0.4 is 5.32 Å². The highest BCUT2D eigenvalue weighted by Gasteiger charge is 2.17. The molecule has 2 N–H and O–H groups in total. The van der Waals surface area contributed by atoms with E-state index in [-0.39, 0.29) is 12.5 Å². The first-order valence-electron chi connectivity index (χ1n) is 5.47. The number of hydrogen-bond acceptors (Lipinski definition) is 3. The molecule has 1 rings (SSSR count). The van der Waals surface area contributed by atoms with E-state index in [1.807, 2.05) is 19.2 Å². The van der Waals surface area contributed by atoms with E-state index in [4.69, 9.17) is 9.84 Å². The van der Waals surface area contributed by atoms with Gasteiger partial charge in [-0.3, -0.25) is 5.32 Å². The van der Waals surface area contributed by atoms with E-state index < -0.39 is 34.9 Å². The van der Waals surface area contributed by atoms with Crippen molar-refractivity contribution in [2.45, 2.75) is 13.8 Å². The first-order valence-corrected chi connectivity index (χ1v) is 5.47. The first kappa shape index (κ1) is 14.9. The maximum Gasteiger partial charge on any atom is 0.411 e. The van der Waals surface area contributed by atoms with Gasteiger partial charge in [0.2, 0.25) is 0 Å². The molecule has 19 heavy (non-hydrogen) atoms. The van der Waals surface area contributed by atoms with Crippen LogP contribution in [0.5, 0.6) is 0 Å². The third kappa shape index (κ3) is 4.20. The summed E-state index contributed by atoms with van der Waals surface area (Å²) in [6.45, 7) is 3.75. The van der Waals surface area contributed by atoms with Crippen LogP contribution in [0, 0.1) is 17.6 Å². The van der Waals surface area contributed by atoms with Crippen LogP contribution in [0.15, 0.2) is 12.1 Å². The number of carbonyl (C=O) groups is 2. The quantitative estimate of drug-likeness (QED) is 0.884. The van der Waals surface area contributed by atoms with E-state index in [0.717, 1.165) is 0 Å². The van der Waals surface area contributed by atoms with E-state index in [2.05, 4.69) is 0 Å². The van der Waals surface area contributed by atoms with Gasteiger partial charge in [0.05, 0.1) is 17.9 Å². The Hall–Kier alpha value is -2.18. The highest BCUT2D eigenvalue weighted by Crippen LogP contribution is 2.20. The molecule has 7 heteroatoms. The molecule has 0 fully saturated rings. The van der Waals surface area contributed by atoms with Crippen molar-refractivity contribution in [1.82, 2.24) is 0 Å². The molecule has 0 aliphatic heterocycles. The molecule has 0 saturated heterocycles. The average molecular weight is 273 g/mol. The van der Waals surface area contributed by atoms with Gasteiger partial charge in [-0.15, -0.1) is 0 Å². The molecule has 0 saturated carbocycles. The zero-order valence-electron chi connectivity index (χ0n) is 10.4. The van der Waals surface area contributed by atoms with Crippen LogP contribution >= 0.6 is 0 Å². The van der Waals surface area contributed by atoms with Crippen LogP contribution in [0.1, 0.15) is 24.2 Å². The van der Waals surface area contributed by atoms with Crippen LogP contribution in [-0.2, 0) is 4.74 Å². The lowest BCUT2D eigenvalue weighted by molar-refractivity contribution is 0.0691. The van der Waals surface area contributed by atoms with Crippen LogP contribution in [-0.4, -0.2) is 23.8 Å². The standard InChI is InChI=1S/C12H13F2NO4/c1-6(2)5-19-12(18)15-10-3-7(11(16)17)8(13)4-9(10)14/h3-4,6H,5H2,1-2H3,(H,15,18)(H,16,17). The highest BCUT2D eigenvalue weighted by molar-refractivity contribution is 5.91. The second-order valence-electron chi connectivity index (χ2n) is 4.23. The van der Waals surface area contributed by atoms with Gasteiger partial charge < -0.3 is 9.84 Å². The predicted octanol–water partition coefficient (Wildman–Crippen LogP) is 2.87. The minimum atomic E-state index is -1.56. The maximum atomic E-state index is 13.3. The number of nitrogens with one attached hydrogen (secondary N) is 1. The Bertz CT molecular complexity index is 503. The van der Waals surface area contributed by atoms with E-state index in [1.54, 1.807) is 0 Å². The van der Waals surface area contributed by atoms with Gasteiger partial charge in [0.1, 0.15) is 11.6 Å². The molecule has 0 bridgehead atoms. The lowest BCUT2D eigenvalue weighted by Crippen LogP contribution is -2.18. The second-order valence-corrected chi connectivity index (χ2v) is 4.23. The van der Waals surface area contributed by atoms with Crippen molar-refractivity contribution in [2.75, 3.05) is 11.9 Å². The number of aromatic carboxylic acids is 1. The molecule has 0 spiro atoms. The summed E-state index contributed by atoms with van der Waals surface area (Å²) >= 11 is 0. The number of hydrogen-bond donors (Lipinski definition) is 2. The van der Waals surface area contributed by atoms with Crippen molar-refractivity contribution >= 4 is 17.7 Å². The number of carboxylic acids is 1. The third-order valence-electron chi connectivity index (χ3n) is 2.07. The Morgan fingerprint density at radius 2 is 1.95 bits per heavy atom. The Morgan fingerprint density at radius 3 is 2.47 bits per heavy atom. The van der Waals surface area contributed by atoms with Gasteiger partial charge in [-0.05, 0) is 12.0 Å². The molecule has 0 atom stereocenters. The minimum Gasteiger partial charge on any atom is -0.478 e. The number of halogens is 2. The molecule has 1 aromatic rings. The Kier molecular flexibility index (Phi) is 4.80. The van der Waals surface area contributed by atoms with Gasteiger partial charge in [-0.2, -0.15) is 0 Å². The van der Waals surface area contributed by atoms with Crippen molar-refractivity contribution < 1.29 is 28.2 Å². The molecule has 0 heterocycles. The summed E-state index contributed by atoms with van der Waals surface area (Å²) in [6, 6.07) is 1.09. The van der Waals surface area contributed by atoms with Crippen LogP contribution in [0.3, 0.4) is 0 Å². The van der Waals surface area contributed by atoms with Crippen molar-refractivity contribution in [3.63, 3.8) is 0 Å². The molecule has 1 aromatic carbocycles. The van der Waals surface area contributed by atoms with Crippen molar-refractivity contribution in [3.05, 3.63) is 29.3 Å². The lowest BCUT2D eigenvalue weighted by atomic mass is 10.2. The van der Waals surface area contributed by atoms with Crippen LogP contribution in [0.2, 0.25) is 0 Å². The summed E-state index contributed by atoms with van der Waals surface area (Å²) in [4.78, 5) is 22.0. The molecular weight excluding hydrogens is 260 g/mol. The molecule has 0 unspecified atom stereocenters. The second kappa shape index (κ2) is 6.12. The first-order chi connectivity index (χ1) is 8.81. The monoisotopic (exact) mass is 273 g/mol. The van der Waals surface area contributed by atoms with Gasteiger partial charge in [0.15, 0.2) is 0 Å². The molecule has 0 aliphatic carbocycles. The zero-order chi connectivity index (χ0) is 14.6. The van der Waals surface area contributed by atoms with E-state index in [9.17, 15) is 18.4 Å². The Balaban J connectivity index is 2.86. The SMILES string of the molecule is CC(C)COC(=O)Nc1cc(C(=O)O)c(F)cc1F. The number of anilines is 1. The smallest absolute Gasteiger partial charge is 0.411 e. The number of carboxylic acid groups (broad SMARTS) is 1. The van der Waals surface area contributed by atoms with E-state index in [0.29, 0.717) is 12.1 Å². The fourth-order valence-corrected chi connectivity index (χ4v) is 1.20.